The zero-order chi connectivity index (χ0) is 14.8. The van der Waals surface area contributed by atoms with Gasteiger partial charge in [0, 0.05) is 25.7 Å². The fourth-order valence-electron chi connectivity index (χ4n) is 2.28. The van der Waals surface area contributed by atoms with Crippen molar-refractivity contribution < 1.29 is 9.53 Å². The minimum absolute atomic E-state index is 0.0206. The second-order valence-corrected chi connectivity index (χ2v) is 7.00. The van der Waals surface area contributed by atoms with Gasteiger partial charge in [-0.1, -0.05) is 11.8 Å². The van der Waals surface area contributed by atoms with E-state index in [1.807, 2.05) is 6.26 Å². The van der Waals surface area contributed by atoms with Gasteiger partial charge in [0.1, 0.15) is 6.73 Å². The van der Waals surface area contributed by atoms with Gasteiger partial charge < -0.3 is 15.0 Å². The van der Waals surface area contributed by atoms with E-state index >= 15 is 0 Å². The van der Waals surface area contributed by atoms with Crippen LogP contribution >= 0.6 is 23.1 Å². The predicted octanol–water partition coefficient (Wildman–Crippen LogP) is 2.32. The van der Waals surface area contributed by atoms with Gasteiger partial charge >= 0.3 is 0 Å². The van der Waals surface area contributed by atoms with Crippen LogP contribution in [0.3, 0.4) is 0 Å². The summed E-state index contributed by atoms with van der Waals surface area (Å²) in [6, 6.07) is 6.30. The number of fused-ring (bicyclic) bond motifs is 1. The van der Waals surface area contributed by atoms with E-state index < -0.39 is 0 Å². The molecule has 0 spiro atoms. The summed E-state index contributed by atoms with van der Waals surface area (Å²) in [6.07, 6.45) is 2.09. The topological polar surface area (TPSA) is 54.5 Å². The maximum absolute atomic E-state index is 10.9. The Morgan fingerprint density at radius 2 is 2.48 bits per heavy atom. The summed E-state index contributed by atoms with van der Waals surface area (Å²) in [7, 11) is 0. The molecule has 7 heteroatoms. The number of hydrogen-bond acceptors (Lipinski definition) is 6. The van der Waals surface area contributed by atoms with E-state index in [9.17, 15) is 4.79 Å². The largest absolute Gasteiger partial charge is 0.354 e. The summed E-state index contributed by atoms with van der Waals surface area (Å²) < 4.78 is 7.99. The van der Waals surface area contributed by atoms with Crippen molar-refractivity contribution in [3.05, 3.63) is 18.2 Å². The maximum atomic E-state index is 10.9. The quantitative estimate of drug-likeness (QED) is 0.875. The molecule has 1 saturated heterocycles. The highest BCUT2D eigenvalue weighted by Crippen LogP contribution is 2.31. The van der Waals surface area contributed by atoms with Crippen LogP contribution in [0.2, 0.25) is 0 Å². The monoisotopic (exact) mass is 323 g/mol. The first-order valence-corrected chi connectivity index (χ1v) is 8.75. The summed E-state index contributed by atoms with van der Waals surface area (Å²) in [6.45, 7) is 3.43. The lowest BCUT2D eigenvalue weighted by Gasteiger charge is -2.16. The van der Waals surface area contributed by atoms with Gasteiger partial charge in [-0.15, -0.1) is 11.3 Å². The molecule has 1 amide bonds. The molecule has 1 aliphatic heterocycles. The number of thioether (sulfide) groups is 1. The lowest BCUT2D eigenvalue weighted by Crippen LogP contribution is -2.33. The molecule has 1 aromatic carbocycles. The molecule has 0 radical (unpaired) electrons. The smallest absolute Gasteiger partial charge is 0.216 e. The third kappa shape index (κ3) is 3.30. The van der Waals surface area contributed by atoms with Crippen molar-refractivity contribution in [2.24, 2.45) is 0 Å². The molecule has 0 bridgehead atoms. The zero-order valence-corrected chi connectivity index (χ0v) is 13.6. The van der Waals surface area contributed by atoms with E-state index in [4.69, 9.17) is 4.74 Å². The number of carbonyl (C=O) groups is 1. The summed E-state index contributed by atoms with van der Waals surface area (Å²) in [5.41, 5.74) is 2.19. The fourth-order valence-corrected chi connectivity index (χ4v) is 3.81. The molecule has 5 nitrogen and oxygen atoms in total. The minimum atomic E-state index is -0.0206. The molecule has 2 aromatic rings. The van der Waals surface area contributed by atoms with Gasteiger partial charge in [-0.25, -0.2) is 4.98 Å². The van der Waals surface area contributed by atoms with Crippen LogP contribution in [0, 0.1) is 0 Å². The fraction of sp³-hybridized carbons (Fsp3) is 0.429. The first kappa shape index (κ1) is 14.6. The van der Waals surface area contributed by atoms with Crippen molar-refractivity contribution >= 4 is 44.9 Å². The predicted molar refractivity (Wildman–Crippen MR) is 87.2 cm³/mol. The highest BCUT2D eigenvalue weighted by atomic mass is 32.2. The van der Waals surface area contributed by atoms with E-state index in [2.05, 4.69) is 33.4 Å². The molecular weight excluding hydrogens is 306 g/mol. The molecule has 112 valence electrons. The van der Waals surface area contributed by atoms with Crippen molar-refractivity contribution in [3.63, 3.8) is 0 Å². The second kappa shape index (κ2) is 6.21. The Labute approximate surface area is 131 Å². The van der Waals surface area contributed by atoms with Crippen molar-refractivity contribution in [3.8, 4) is 0 Å². The zero-order valence-electron chi connectivity index (χ0n) is 12.0. The van der Waals surface area contributed by atoms with Crippen LogP contribution in [0.4, 0.5) is 5.69 Å². The van der Waals surface area contributed by atoms with Crippen LogP contribution in [0.5, 0.6) is 0 Å². The molecule has 21 heavy (non-hydrogen) atoms. The van der Waals surface area contributed by atoms with E-state index in [1.54, 1.807) is 23.1 Å². The van der Waals surface area contributed by atoms with Gasteiger partial charge in [-0.3, -0.25) is 4.79 Å². The number of amides is 1. The maximum Gasteiger partial charge on any atom is 0.216 e. The Morgan fingerprint density at radius 1 is 1.62 bits per heavy atom. The van der Waals surface area contributed by atoms with Gasteiger partial charge in [-0.05, 0) is 24.5 Å². The molecule has 3 rings (SSSR count). The van der Waals surface area contributed by atoms with Gasteiger partial charge in [0.25, 0.3) is 0 Å². The second-order valence-electron chi connectivity index (χ2n) is 4.91. The highest BCUT2D eigenvalue weighted by molar-refractivity contribution is 8.00. The van der Waals surface area contributed by atoms with E-state index in [0.717, 1.165) is 22.1 Å². The van der Waals surface area contributed by atoms with Crippen LogP contribution < -0.4 is 10.2 Å². The average molecular weight is 323 g/mol. The average Bonchev–Trinajstić information content (AvgIpc) is 3.10. The summed E-state index contributed by atoms with van der Waals surface area (Å²) >= 11 is 3.38. The number of hydrogen-bond donors (Lipinski definition) is 1. The van der Waals surface area contributed by atoms with Crippen molar-refractivity contribution in [1.82, 2.24) is 10.3 Å². The minimum Gasteiger partial charge on any atom is -0.354 e. The van der Waals surface area contributed by atoms with Gasteiger partial charge in [0.15, 0.2) is 4.34 Å². The van der Waals surface area contributed by atoms with Gasteiger partial charge in [-0.2, -0.15) is 0 Å². The van der Waals surface area contributed by atoms with Crippen molar-refractivity contribution in [2.75, 3.05) is 31.0 Å². The van der Waals surface area contributed by atoms with Crippen molar-refractivity contribution in [1.29, 1.82) is 0 Å². The number of aromatic nitrogens is 1. The van der Waals surface area contributed by atoms with Crippen LogP contribution in [0.25, 0.3) is 10.2 Å². The molecular formula is C14H17N3O2S2. The van der Waals surface area contributed by atoms with E-state index in [-0.39, 0.29) is 12.0 Å². The Morgan fingerprint density at radius 3 is 3.24 bits per heavy atom. The lowest BCUT2D eigenvalue weighted by atomic mass is 10.2. The highest BCUT2D eigenvalue weighted by Gasteiger charge is 2.23. The molecule has 1 aromatic heterocycles. The standard InChI is InChI=1S/C14H17N3O2S2/c1-9(18)15-6-11-7-17(8-19-11)10-3-4-12-13(5-10)21-14(16-12)20-2/h3-5,11H,6-8H2,1-2H3,(H,15,18)/t11-/m0/s1. The number of nitrogens with zero attached hydrogens (tertiary/aromatic N) is 2. The number of anilines is 1. The number of thiazole rings is 1. The number of nitrogens with one attached hydrogen (secondary N) is 1. The lowest BCUT2D eigenvalue weighted by molar-refractivity contribution is -0.119. The van der Waals surface area contributed by atoms with Gasteiger partial charge in [0.2, 0.25) is 5.91 Å². The van der Waals surface area contributed by atoms with Crippen LogP contribution in [-0.4, -0.2) is 43.1 Å². The van der Waals surface area contributed by atoms with E-state index in [0.29, 0.717) is 13.3 Å². The molecule has 0 saturated carbocycles. The normalized spacial score (nSPS) is 18.4. The molecule has 1 atom stereocenters. The van der Waals surface area contributed by atoms with Crippen molar-refractivity contribution in [2.45, 2.75) is 17.4 Å². The third-order valence-corrected chi connectivity index (χ3v) is 5.36. The van der Waals surface area contributed by atoms with Crippen LogP contribution in [-0.2, 0) is 9.53 Å². The number of carbonyl (C=O) groups excluding carboxylic acids is 1. The SMILES string of the molecule is CSc1nc2ccc(N3CO[C@@H](CNC(C)=O)C3)cc2s1. The number of ether oxygens (including phenoxy) is 1. The molecule has 2 heterocycles. The first-order chi connectivity index (χ1) is 10.2. The molecule has 0 unspecified atom stereocenters. The van der Waals surface area contributed by atoms with E-state index in [1.165, 1.54) is 11.6 Å². The van der Waals surface area contributed by atoms with Crippen LogP contribution in [0.15, 0.2) is 22.5 Å². The number of rotatable bonds is 4. The first-order valence-electron chi connectivity index (χ1n) is 6.71. The molecule has 0 aliphatic carbocycles. The Balaban J connectivity index is 1.71. The summed E-state index contributed by atoms with van der Waals surface area (Å²) in [4.78, 5) is 17.7. The third-order valence-electron chi connectivity index (χ3n) is 3.36. The molecule has 1 N–H and O–H groups in total. The molecule has 1 aliphatic rings. The van der Waals surface area contributed by atoms with Crippen LogP contribution in [0.1, 0.15) is 6.92 Å². The summed E-state index contributed by atoms with van der Waals surface area (Å²) in [5, 5.41) is 2.80. The molecule has 1 fully saturated rings. The number of benzene rings is 1. The Hall–Kier alpha value is -1.31. The Kier molecular flexibility index (Phi) is 4.32. The van der Waals surface area contributed by atoms with Gasteiger partial charge in [0.05, 0.1) is 16.3 Å². The Bertz CT molecular complexity index is 659. The summed E-state index contributed by atoms with van der Waals surface area (Å²) in [5.74, 6) is -0.0206.